The van der Waals surface area contributed by atoms with E-state index in [1.807, 2.05) is 44.2 Å². The Hall–Kier alpha value is -2.62. The molecule has 1 heterocycles. The molecule has 0 unspecified atom stereocenters. The number of hydrogen-bond acceptors (Lipinski definition) is 3. The van der Waals surface area contributed by atoms with Gasteiger partial charge in [-0.05, 0) is 37.6 Å². The molecule has 3 rings (SSSR count). The summed E-state index contributed by atoms with van der Waals surface area (Å²) < 4.78 is 21.7. The summed E-state index contributed by atoms with van der Waals surface area (Å²) >= 11 is 0. The van der Waals surface area contributed by atoms with Crippen molar-refractivity contribution in [2.45, 2.75) is 26.9 Å². The molecule has 0 atom stereocenters. The van der Waals surface area contributed by atoms with E-state index in [0.717, 1.165) is 23.4 Å². The lowest BCUT2D eigenvalue weighted by Crippen LogP contribution is -2.36. The number of ether oxygens (including phenoxy) is 1. The highest BCUT2D eigenvalue weighted by atomic mass is 127. The fraction of sp³-hybridized carbons (Fsp3) is 0.273. The van der Waals surface area contributed by atoms with Crippen LogP contribution in [0.5, 0.6) is 5.75 Å². The molecular formula is C22H27FIN5O. The largest absolute Gasteiger partial charge is 0.494 e. The average Bonchev–Trinajstić information content (AvgIpc) is 3.26. The van der Waals surface area contributed by atoms with Crippen molar-refractivity contribution in [1.82, 2.24) is 20.2 Å². The Morgan fingerprint density at radius 1 is 1.17 bits per heavy atom. The lowest BCUT2D eigenvalue weighted by molar-refractivity contribution is 0.336. The maximum absolute atomic E-state index is 14.4. The van der Waals surface area contributed by atoms with Crippen LogP contribution in [0.2, 0.25) is 0 Å². The highest BCUT2D eigenvalue weighted by molar-refractivity contribution is 14.0. The van der Waals surface area contributed by atoms with E-state index in [1.165, 1.54) is 6.07 Å². The highest BCUT2D eigenvalue weighted by Crippen LogP contribution is 2.18. The van der Waals surface area contributed by atoms with Gasteiger partial charge in [0.05, 0.1) is 25.2 Å². The third-order valence-electron chi connectivity index (χ3n) is 4.28. The molecule has 1 aromatic heterocycles. The number of para-hydroxylation sites is 1. The van der Waals surface area contributed by atoms with Gasteiger partial charge in [0, 0.05) is 31.0 Å². The van der Waals surface area contributed by atoms with Crippen LogP contribution in [0.25, 0.3) is 5.69 Å². The zero-order valence-corrected chi connectivity index (χ0v) is 19.5. The van der Waals surface area contributed by atoms with Crippen molar-refractivity contribution < 1.29 is 9.13 Å². The summed E-state index contributed by atoms with van der Waals surface area (Å²) in [5, 5.41) is 6.52. The SMILES string of the molecule is CCNC(=NCc1ccc(-n2ccnc2)c(F)c1)NCc1ccccc1OCC.I. The Morgan fingerprint density at radius 3 is 2.70 bits per heavy atom. The van der Waals surface area contributed by atoms with Gasteiger partial charge in [-0.15, -0.1) is 24.0 Å². The van der Waals surface area contributed by atoms with Crippen molar-refractivity contribution in [3.8, 4) is 11.4 Å². The first-order valence-corrected chi connectivity index (χ1v) is 9.71. The summed E-state index contributed by atoms with van der Waals surface area (Å²) in [5.74, 6) is 1.22. The second-order valence-corrected chi connectivity index (χ2v) is 6.35. The quantitative estimate of drug-likeness (QED) is 0.263. The standard InChI is InChI=1S/C22H26FN5O.HI/c1-3-25-22(27-15-18-7-5-6-8-21(18)29-4-2)26-14-17-9-10-20(19(23)13-17)28-12-11-24-16-28;/h5-13,16H,3-4,14-15H2,1-2H3,(H2,25,26,27);1H. The zero-order valence-electron chi connectivity index (χ0n) is 17.1. The molecule has 0 aliphatic heterocycles. The van der Waals surface area contributed by atoms with Crippen LogP contribution >= 0.6 is 24.0 Å². The second-order valence-electron chi connectivity index (χ2n) is 6.35. The van der Waals surface area contributed by atoms with E-state index >= 15 is 0 Å². The van der Waals surface area contributed by atoms with Crippen molar-refractivity contribution in [3.63, 3.8) is 0 Å². The molecule has 160 valence electrons. The molecule has 0 aliphatic rings. The molecule has 0 aliphatic carbocycles. The molecule has 0 saturated heterocycles. The summed E-state index contributed by atoms with van der Waals surface area (Å²) in [6.45, 7) is 6.26. The van der Waals surface area contributed by atoms with Gasteiger partial charge in [-0.2, -0.15) is 0 Å². The predicted octanol–water partition coefficient (Wildman–Crippen LogP) is 4.28. The highest BCUT2D eigenvalue weighted by Gasteiger charge is 2.07. The van der Waals surface area contributed by atoms with Gasteiger partial charge in [-0.3, -0.25) is 0 Å². The first-order valence-electron chi connectivity index (χ1n) is 9.71. The molecule has 0 amide bonds. The van der Waals surface area contributed by atoms with Gasteiger partial charge in [-0.1, -0.05) is 24.3 Å². The molecule has 0 radical (unpaired) electrons. The summed E-state index contributed by atoms with van der Waals surface area (Å²) in [7, 11) is 0. The van der Waals surface area contributed by atoms with Crippen LogP contribution in [0.15, 0.2) is 66.2 Å². The zero-order chi connectivity index (χ0) is 20.5. The number of halogens is 2. The fourth-order valence-corrected chi connectivity index (χ4v) is 2.90. The fourth-order valence-electron chi connectivity index (χ4n) is 2.90. The minimum atomic E-state index is -0.306. The van der Waals surface area contributed by atoms with Gasteiger partial charge in [0.25, 0.3) is 0 Å². The third kappa shape index (κ3) is 6.45. The summed E-state index contributed by atoms with van der Waals surface area (Å²) in [4.78, 5) is 8.53. The minimum Gasteiger partial charge on any atom is -0.494 e. The van der Waals surface area contributed by atoms with Crippen molar-refractivity contribution in [2.75, 3.05) is 13.2 Å². The number of nitrogens with zero attached hydrogens (tertiary/aromatic N) is 3. The van der Waals surface area contributed by atoms with Crippen LogP contribution in [-0.2, 0) is 13.1 Å². The minimum absolute atomic E-state index is 0. The van der Waals surface area contributed by atoms with Crippen molar-refractivity contribution in [2.24, 2.45) is 4.99 Å². The van der Waals surface area contributed by atoms with Crippen LogP contribution in [-0.4, -0.2) is 28.7 Å². The molecule has 8 heteroatoms. The van der Waals surface area contributed by atoms with Gasteiger partial charge >= 0.3 is 0 Å². The Labute approximate surface area is 193 Å². The van der Waals surface area contributed by atoms with E-state index in [1.54, 1.807) is 29.4 Å². The molecule has 2 N–H and O–H groups in total. The van der Waals surface area contributed by atoms with E-state index in [-0.39, 0.29) is 29.8 Å². The van der Waals surface area contributed by atoms with Gasteiger partial charge in [0.1, 0.15) is 11.6 Å². The number of hydrogen-bond donors (Lipinski definition) is 2. The number of aromatic nitrogens is 2. The van der Waals surface area contributed by atoms with Crippen LogP contribution in [0.4, 0.5) is 4.39 Å². The third-order valence-corrected chi connectivity index (χ3v) is 4.28. The molecule has 3 aromatic rings. The first-order chi connectivity index (χ1) is 14.2. The van der Waals surface area contributed by atoms with E-state index < -0.39 is 0 Å². The number of nitrogens with one attached hydrogen (secondary N) is 2. The molecule has 6 nitrogen and oxygen atoms in total. The molecule has 2 aromatic carbocycles. The molecule has 0 saturated carbocycles. The summed E-state index contributed by atoms with van der Waals surface area (Å²) in [5.41, 5.74) is 2.31. The van der Waals surface area contributed by atoms with Crippen LogP contribution in [0.3, 0.4) is 0 Å². The van der Waals surface area contributed by atoms with E-state index in [2.05, 4.69) is 20.6 Å². The van der Waals surface area contributed by atoms with Gasteiger partial charge in [0.15, 0.2) is 5.96 Å². The maximum Gasteiger partial charge on any atom is 0.191 e. The number of imidazole rings is 1. The van der Waals surface area contributed by atoms with Crippen LogP contribution < -0.4 is 15.4 Å². The van der Waals surface area contributed by atoms with Gasteiger partial charge in [0.2, 0.25) is 0 Å². The van der Waals surface area contributed by atoms with Crippen molar-refractivity contribution >= 4 is 29.9 Å². The number of guanidine groups is 1. The second kappa shape index (κ2) is 12.2. The predicted molar refractivity (Wildman–Crippen MR) is 128 cm³/mol. The lowest BCUT2D eigenvalue weighted by Gasteiger charge is -2.14. The molecule has 0 spiro atoms. The Bertz CT molecular complexity index is 946. The lowest BCUT2D eigenvalue weighted by atomic mass is 10.2. The smallest absolute Gasteiger partial charge is 0.191 e. The number of rotatable bonds is 8. The number of aliphatic imine (C=N–C) groups is 1. The normalized spacial score (nSPS) is 11.0. The average molecular weight is 523 g/mol. The van der Waals surface area contributed by atoms with E-state index in [9.17, 15) is 4.39 Å². The molecular weight excluding hydrogens is 496 g/mol. The first kappa shape index (κ1) is 23.7. The molecule has 0 fully saturated rings. The Kier molecular flexibility index (Phi) is 9.59. The van der Waals surface area contributed by atoms with Gasteiger partial charge < -0.3 is 19.9 Å². The van der Waals surface area contributed by atoms with Crippen LogP contribution in [0.1, 0.15) is 25.0 Å². The monoisotopic (exact) mass is 523 g/mol. The summed E-state index contributed by atoms with van der Waals surface area (Å²) in [6, 6.07) is 13.0. The Balaban J connectivity index is 0.00000320. The van der Waals surface area contributed by atoms with Crippen molar-refractivity contribution in [1.29, 1.82) is 0 Å². The number of benzene rings is 2. The van der Waals surface area contributed by atoms with Crippen LogP contribution in [0, 0.1) is 5.82 Å². The summed E-state index contributed by atoms with van der Waals surface area (Å²) in [6.07, 6.45) is 4.91. The van der Waals surface area contributed by atoms with E-state index in [4.69, 9.17) is 4.74 Å². The van der Waals surface area contributed by atoms with E-state index in [0.29, 0.717) is 31.3 Å². The topological polar surface area (TPSA) is 63.5 Å². The van der Waals surface area contributed by atoms with Gasteiger partial charge in [-0.25, -0.2) is 14.4 Å². The van der Waals surface area contributed by atoms with Crippen molar-refractivity contribution in [3.05, 3.63) is 78.1 Å². The molecule has 30 heavy (non-hydrogen) atoms. The Morgan fingerprint density at radius 2 is 2.00 bits per heavy atom. The molecule has 0 bridgehead atoms. The maximum atomic E-state index is 14.4.